The molecule has 2 aliphatic rings. The maximum atomic E-state index is 5.83. The number of aromatic nitrogens is 3. The van der Waals surface area contributed by atoms with Gasteiger partial charge in [0.25, 0.3) is 0 Å². The molecule has 28 heavy (non-hydrogen) atoms. The summed E-state index contributed by atoms with van der Waals surface area (Å²) >= 11 is 0. The predicted octanol–water partition coefficient (Wildman–Crippen LogP) is 2.77. The SMILES string of the molecule is Cn1cccc1CN1CCCC(c2nc(CCOCC3CCOCC3)no2)C1. The zero-order valence-electron chi connectivity index (χ0n) is 16.9. The van der Waals surface area contributed by atoms with E-state index in [2.05, 4.69) is 45.0 Å². The first-order valence-electron chi connectivity index (χ1n) is 10.6. The highest BCUT2D eigenvalue weighted by Gasteiger charge is 2.26. The lowest BCUT2D eigenvalue weighted by atomic mass is 9.98. The van der Waals surface area contributed by atoms with Gasteiger partial charge in [-0.15, -0.1) is 0 Å². The van der Waals surface area contributed by atoms with Crippen LogP contribution in [0.4, 0.5) is 0 Å². The number of rotatable bonds is 8. The Hall–Kier alpha value is -1.70. The van der Waals surface area contributed by atoms with Crippen LogP contribution in [0.5, 0.6) is 0 Å². The largest absolute Gasteiger partial charge is 0.381 e. The van der Waals surface area contributed by atoms with Gasteiger partial charge in [0.2, 0.25) is 5.89 Å². The average Bonchev–Trinajstić information content (AvgIpc) is 3.36. The van der Waals surface area contributed by atoms with Crippen molar-refractivity contribution >= 4 is 0 Å². The van der Waals surface area contributed by atoms with Crippen LogP contribution >= 0.6 is 0 Å². The van der Waals surface area contributed by atoms with Crippen LogP contribution in [0.3, 0.4) is 0 Å². The number of likely N-dealkylation sites (tertiary alicyclic amines) is 1. The molecule has 2 aliphatic heterocycles. The molecule has 0 spiro atoms. The Kier molecular flexibility index (Phi) is 6.77. The molecule has 2 aromatic rings. The van der Waals surface area contributed by atoms with Crippen LogP contribution in [0.15, 0.2) is 22.9 Å². The Balaban J connectivity index is 1.22. The second kappa shape index (κ2) is 9.67. The minimum atomic E-state index is 0.332. The summed E-state index contributed by atoms with van der Waals surface area (Å²) in [5, 5.41) is 4.18. The van der Waals surface area contributed by atoms with Crippen LogP contribution in [0.2, 0.25) is 0 Å². The fraction of sp³-hybridized carbons (Fsp3) is 0.714. The van der Waals surface area contributed by atoms with Crippen LogP contribution in [0.25, 0.3) is 0 Å². The topological polar surface area (TPSA) is 65.6 Å². The average molecular weight is 389 g/mol. The van der Waals surface area contributed by atoms with Gasteiger partial charge in [-0.3, -0.25) is 4.90 Å². The smallest absolute Gasteiger partial charge is 0.231 e. The predicted molar refractivity (Wildman–Crippen MR) is 105 cm³/mol. The van der Waals surface area contributed by atoms with Gasteiger partial charge in [0.05, 0.1) is 12.5 Å². The van der Waals surface area contributed by atoms with Crippen LogP contribution in [0.1, 0.15) is 49.0 Å². The number of ether oxygens (including phenoxy) is 2. The number of piperidine rings is 1. The molecule has 0 bridgehead atoms. The van der Waals surface area contributed by atoms with E-state index >= 15 is 0 Å². The van der Waals surface area contributed by atoms with E-state index < -0.39 is 0 Å². The summed E-state index contributed by atoms with van der Waals surface area (Å²) in [6.45, 7) is 6.28. The molecule has 0 aromatic carbocycles. The lowest BCUT2D eigenvalue weighted by molar-refractivity contribution is 0.0211. The number of aryl methyl sites for hydroxylation is 1. The maximum Gasteiger partial charge on any atom is 0.231 e. The Labute approximate surface area is 167 Å². The minimum Gasteiger partial charge on any atom is -0.381 e. The normalized spacial score (nSPS) is 22.0. The van der Waals surface area contributed by atoms with Gasteiger partial charge in [0.15, 0.2) is 5.82 Å². The van der Waals surface area contributed by atoms with Gasteiger partial charge in [-0.25, -0.2) is 0 Å². The van der Waals surface area contributed by atoms with Crippen LogP contribution < -0.4 is 0 Å². The van der Waals surface area contributed by atoms with Crippen molar-refractivity contribution in [2.24, 2.45) is 13.0 Å². The lowest BCUT2D eigenvalue weighted by Gasteiger charge is -2.30. The molecule has 2 aromatic heterocycles. The van der Waals surface area contributed by atoms with Crippen molar-refractivity contribution in [1.82, 2.24) is 19.6 Å². The number of hydrogen-bond donors (Lipinski definition) is 0. The van der Waals surface area contributed by atoms with Crippen LogP contribution in [-0.4, -0.2) is 59.1 Å². The van der Waals surface area contributed by atoms with E-state index in [1.807, 2.05) is 0 Å². The van der Waals surface area contributed by atoms with Crippen molar-refractivity contribution in [2.45, 2.75) is 44.6 Å². The number of nitrogens with zero attached hydrogens (tertiary/aromatic N) is 4. The first-order chi connectivity index (χ1) is 13.8. The van der Waals surface area contributed by atoms with Crippen molar-refractivity contribution in [1.29, 1.82) is 0 Å². The molecule has 0 amide bonds. The molecule has 0 saturated carbocycles. The third kappa shape index (κ3) is 5.21. The highest BCUT2D eigenvalue weighted by atomic mass is 16.5. The van der Waals surface area contributed by atoms with Crippen LogP contribution in [-0.2, 0) is 29.5 Å². The van der Waals surface area contributed by atoms with Crippen molar-refractivity contribution in [3.63, 3.8) is 0 Å². The Morgan fingerprint density at radius 2 is 2.14 bits per heavy atom. The third-order valence-corrected chi connectivity index (χ3v) is 5.94. The van der Waals surface area contributed by atoms with Gasteiger partial charge in [-0.2, -0.15) is 4.98 Å². The standard InChI is InChI=1S/C21H32N4O3/c1-24-9-3-5-19(24)15-25-10-2-4-18(14-25)21-22-20(23-28-21)8-13-27-16-17-6-11-26-12-7-17/h3,5,9,17-18H,2,4,6-8,10-16H2,1H3. The second-order valence-corrected chi connectivity index (χ2v) is 8.11. The fourth-order valence-electron chi connectivity index (χ4n) is 4.15. The molecular formula is C21H32N4O3. The zero-order valence-corrected chi connectivity index (χ0v) is 16.9. The first kappa shape index (κ1) is 19.6. The van der Waals surface area contributed by atoms with E-state index in [1.165, 1.54) is 12.1 Å². The van der Waals surface area contributed by atoms with E-state index in [1.54, 1.807) is 0 Å². The summed E-state index contributed by atoms with van der Waals surface area (Å²) in [6, 6.07) is 4.29. The van der Waals surface area contributed by atoms with Gasteiger partial charge in [0, 0.05) is 58.3 Å². The minimum absolute atomic E-state index is 0.332. The van der Waals surface area contributed by atoms with Gasteiger partial charge >= 0.3 is 0 Å². The van der Waals surface area contributed by atoms with Gasteiger partial charge in [0.1, 0.15) is 0 Å². The zero-order chi connectivity index (χ0) is 19.2. The molecule has 0 N–H and O–H groups in total. The fourth-order valence-corrected chi connectivity index (χ4v) is 4.15. The molecular weight excluding hydrogens is 356 g/mol. The van der Waals surface area contributed by atoms with Gasteiger partial charge in [-0.05, 0) is 50.3 Å². The Bertz CT molecular complexity index is 723. The summed E-state index contributed by atoms with van der Waals surface area (Å²) in [5.41, 5.74) is 1.34. The lowest BCUT2D eigenvalue weighted by Crippen LogP contribution is -2.34. The first-order valence-corrected chi connectivity index (χ1v) is 10.6. The van der Waals surface area contributed by atoms with Crippen molar-refractivity contribution in [3.05, 3.63) is 35.7 Å². The number of hydrogen-bond acceptors (Lipinski definition) is 6. The third-order valence-electron chi connectivity index (χ3n) is 5.94. The Morgan fingerprint density at radius 3 is 2.96 bits per heavy atom. The molecule has 1 atom stereocenters. The summed E-state index contributed by atoms with van der Waals surface area (Å²) in [7, 11) is 2.10. The molecule has 4 heterocycles. The van der Waals surface area contributed by atoms with Crippen molar-refractivity contribution < 1.29 is 14.0 Å². The Morgan fingerprint density at radius 1 is 1.25 bits per heavy atom. The van der Waals surface area contributed by atoms with Gasteiger partial charge in [-0.1, -0.05) is 5.16 Å². The molecule has 154 valence electrons. The monoisotopic (exact) mass is 388 g/mol. The molecule has 7 nitrogen and oxygen atoms in total. The molecule has 2 fully saturated rings. The van der Waals surface area contributed by atoms with E-state index in [4.69, 9.17) is 14.0 Å². The van der Waals surface area contributed by atoms with E-state index in [-0.39, 0.29) is 0 Å². The van der Waals surface area contributed by atoms with Gasteiger partial charge < -0.3 is 18.6 Å². The molecule has 0 aliphatic carbocycles. The quantitative estimate of drug-likeness (QED) is 0.648. The summed E-state index contributed by atoms with van der Waals surface area (Å²) in [6.07, 6.45) is 7.31. The molecule has 1 unspecified atom stereocenters. The van der Waals surface area contributed by atoms with Crippen molar-refractivity contribution in [3.8, 4) is 0 Å². The molecule has 0 radical (unpaired) electrons. The second-order valence-electron chi connectivity index (χ2n) is 8.11. The highest BCUT2D eigenvalue weighted by Crippen LogP contribution is 2.26. The maximum absolute atomic E-state index is 5.83. The summed E-state index contributed by atoms with van der Waals surface area (Å²) in [4.78, 5) is 7.15. The molecule has 7 heteroatoms. The molecule has 2 saturated heterocycles. The molecule has 4 rings (SSSR count). The highest BCUT2D eigenvalue weighted by molar-refractivity contribution is 5.07. The summed E-state index contributed by atoms with van der Waals surface area (Å²) < 4.78 is 19.0. The van der Waals surface area contributed by atoms with Crippen LogP contribution in [0, 0.1) is 5.92 Å². The van der Waals surface area contributed by atoms with E-state index in [0.717, 1.165) is 70.4 Å². The van der Waals surface area contributed by atoms with Crippen molar-refractivity contribution in [2.75, 3.05) is 39.5 Å². The van der Waals surface area contributed by atoms with E-state index in [9.17, 15) is 0 Å². The summed E-state index contributed by atoms with van der Waals surface area (Å²) in [5.74, 6) is 2.52. The van der Waals surface area contributed by atoms with E-state index in [0.29, 0.717) is 24.9 Å².